The molecule has 5 aromatic rings. The van der Waals surface area contributed by atoms with E-state index in [-0.39, 0.29) is 12.1 Å². The lowest BCUT2D eigenvalue weighted by Gasteiger charge is -2.43. The Morgan fingerprint density at radius 1 is 0.650 bits per heavy atom. The van der Waals surface area contributed by atoms with Crippen LogP contribution in [0, 0.1) is 0 Å². The lowest BCUT2D eigenvalue weighted by atomic mass is 9.33. The van der Waals surface area contributed by atoms with E-state index in [1.807, 2.05) is 0 Å². The molecule has 0 saturated carbocycles. The Bertz CT molecular complexity index is 1750. The van der Waals surface area contributed by atoms with E-state index in [9.17, 15) is 0 Å². The first-order valence-electron chi connectivity index (χ1n) is 14.6. The Balaban J connectivity index is 1.52. The highest BCUT2D eigenvalue weighted by Gasteiger charge is 2.47. The van der Waals surface area contributed by atoms with E-state index in [1.54, 1.807) is 0 Å². The standard InChI is InChI=1S/C36H33BN2O/c1-36(2,3)24-22-30-34-31(23-24)39(26-16-8-5-9-17-26)35-33(27-18-10-13-21-32(27)40-35)37(34)28-19-11-12-20-29(28)38(30)25-14-6-4-7-15-25/h4-9,11-12,14-17,19-20,22-23H,10,13,18,21H2,1-3H3. The maximum absolute atomic E-state index is 6.91. The fourth-order valence-electron chi connectivity index (χ4n) is 7.08. The van der Waals surface area contributed by atoms with Crippen molar-refractivity contribution in [3.63, 3.8) is 0 Å². The number of furan rings is 1. The number of hydrogen-bond acceptors (Lipinski definition) is 3. The van der Waals surface area contributed by atoms with E-state index in [0.717, 1.165) is 24.4 Å². The third-order valence-electron chi connectivity index (χ3n) is 8.97. The highest BCUT2D eigenvalue weighted by atomic mass is 16.4. The van der Waals surface area contributed by atoms with E-state index in [0.29, 0.717) is 0 Å². The predicted molar refractivity (Wildman–Crippen MR) is 168 cm³/mol. The molecule has 196 valence electrons. The molecule has 40 heavy (non-hydrogen) atoms. The minimum absolute atomic E-state index is 0.0224. The minimum atomic E-state index is -0.0224. The summed E-state index contributed by atoms with van der Waals surface area (Å²) < 4.78 is 6.91. The van der Waals surface area contributed by atoms with Crippen LogP contribution >= 0.6 is 0 Å². The van der Waals surface area contributed by atoms with Crippen molar-refractivity contribution < 1.29 is 4.42 Å². The van der Waals surface area contributed by atoms with Crippen molar-refractivity contribution in [3.8, 4) is 0 Å². The molecule has 0 atom stereocenters. The summed E-state index contributed by atoms with van der Waals surface area (Å²) >= 11 is 0. The predicted octanol–water partition coefficient (Wildman–Crippen LogP) is 7.54. The van der Waals surface area contributed by atoms with Crippen molar-refractivity contribution in [3.05, 3.63) is 114 Å². The Hall–Kier alpha value is -4.18. The lowest BCUT2D eigenvalue weighted by molar-refractivity contribution is 0.484. The van der Waals surface area contributed by atoms with Crippen LogP contribution < -0.4 is 26.2 Å². The van der Waals surface area contributed by atoms with Crippen molar-refractivity contribution in [1.82, 2.24) is 0 Å². The largest absolute Gasteiger partial charge is 0.445 e. The zero-order chi connectivity index (χ0) is 27.0. The van der Waals surface area contributed by atoms with E-state index < -0.39 is 0 Å². The van der Waals surface area contributed by atoms with Gasteiger partial charge in [0.1, 0.15) is 5.76 Å². The second-order valence-electron chi connectivity index (χ2n) is 12.4. The zero-order valence-electron chi connectivity index (χ0n) is 23.4. The maximum atomic E-state index is 6.91. The molecule has 0 radical (unpaired) electrons. The van der Waals surface area contributed by atoms with Gasteiger partial charge < -0.3 is 9.32 Å². The average molecular weight is 520 g/mol. The topological polar surface area (TPSA) is 19.6 Å². The number of fused-ring (bicyclic) bond motifs is 6. The molecule has 0 spiro atoms. The molecular weight excluding hydrogens is 487 g/mol. The molecule has 0 saturated heterocycles. The van der Waals surface area contributed by atoms with Crippen LogP contribution in [0.5, 0.6) is 0 Å². The molecule has 0 fully saturated rings. The molecule has 3 aliphatic rings. The van der Waals surface area contributed by atoms with Gasteiger partial charge in [-0.3, -0.25) is 4.90 Å². The molecule has 0 N–H and O–H groups in total. The molecule has 4 heteroatoms. The highest BCUT2D eigenvalue weighted by Crippen LogP contribution is 2.47. The van der Waals surface area contributed by atoms with Crippen molar-refractivity contribution >= 4 is 57.4 Å². The first-order valence-corrected chi connectivity index (χ1v) is 14.6. The summed E-state index contributed by atoms with van der Waals surface area (Å²) in [6.07, 6.45) is 4.52. The number of aryl methyl sites for hydroxylation is 1. The molecule has 1 aromatic heterocycles. The van der Waals surface area contributed by atoms with Gasteiger partial charge in [0.2, 0.25) is 0 Å². The summed E-state index contributed by atoms with van der Waals surface area (Å²) in [6, 6.07) is 35.5. The molecule has 0 unspecified atom stereocenters. The van der Waals surface area contributed by atoms with Crippen LogP contribution in [0.3, 0.4) is 0 Å². The fraction of sp³-hybridized carbons (Fsp3) is 0.222. The second kappa shape index (κ2) is 8.66. The molecular formula is C36H33BN2O. The third kappa shape index (κ3) is 3.38. The molecule has 8 rings (SSSR count). The van der Waals surface area contributed by atoms with Gasteiger partial charge in [-0.2, -0.15) is 0 Å². The van der Waals surface area contributed by atoms with Gasteiger partial charge in [-0.15, -0.1) is 0 Å². The molecule has 4 aromatic carbocycles. The van der Waals surface area contributed by atoms with Crippen LogP contribution in [0.15, 0.2) is 101 Å². The molecule has 1 aliphatic carbocycles. The Morgan fingerprint density at radius 3 is 1.95 bits per heavy atom. The minimum Gasteiger partial charge on any atom is -0.445 e. The SMILES string of the molecule is CC(C)(C)c1cc2c3c(c1)N(c1ccccc1)c1oc4c(c1B3c1ccccc1N2c1ccccc1)CCCC4. The smallest absolute Gasteiger partial charge is 0.256 e. The Labute approximate surface area is 237 Å². The van der Waals surface area contributed by atoms with Crippen LogP contribution in [0.1, 0.15) is 50.5 Å². The molecule has 3 heterocycles. The van der Waals surface area contributed by atoms with Crippen LogP contribution in [-0.2, 0) is 18.3 Å². The van der Waals surface area contributed by atoms with Gasteiger partial charge in [0.25, 0.3) is 6.71 Å². The third-order valence-corrected chi connectivity index (χ3v) is 8.97. The average Bonchev–Trinajstić information content (AvgIpc) is 3.36. The summed E-state index contributed by atoms with van der Waals surface area (Å²) in [5.74, 6) is 2.20. The van der Waals surface area contributed by atoms with Crippen molar-refractivity contribution in [1.29, 1.82) is 0 Å². The highest BCUT2D eigenvalue weighted by molar-refractivity contribution is 7.00. The number of para-hydroxylation sites is 3. The number of anilines is 6. The van der Waals surface area contributed by atoms with Gasteiger partial charge in [-0.05, 0) is 94.7 Å². The lowest BCUT2D eigenvalue weighted by Crippen LogP contribution is -2.61. The van der Waals surface area contributed by atoms with E-state index in [4.69, 9.17) is 4.42 Å². The van der Waals surface area contributed by atoms with Gasteiger partial charge in [0.05, 0.1) is 0 Å². The van der Waals surface area contributed by atoms with Gasteiger partial charge >= 0.3 is 0 Å². The van der Waals surface area contributed by atoms with Gasteiger partial charge in [0, 0.05) is 34.9 Å². The van der Waals surface area contributed by atoms with E-state index in [2.05, 4.69) is 128 Å². The summed E-state index contributed by atoms with van der Waals surface area (Å²) in [4.78, 5) is 4.90. The summed E-state index contributed by atoms with van der Waals surface area (Å²) in [6.45, 7) is 7.08. The van der Waals surface area contributed by atoms with Crippen LogP contribution in [0.25, 0.3) is 0 Å². The first-order chi connectivity index (χ1) is 19.5. The number of hydrogen-bond donors (Lipinski definition) is 0. The number of nitrogens with zero attached hydrogens (tertiary/aromatic N) is 2. The summed E-state index contributed by atoms with van der Waals surface area (Å²) in [5, 5.41) is 0. The molecule has 0 amide bonds. The van der Waals surface area contributed by atoms with Crippen LogP contribution in [-0.4, -0.2) is 6.71 Å². The van der Waals surface area contributed by atoms with Crippen molar-refractivity contribution in [2.45, 2.75) is 51.9 Å². The normalized spacial score (nSPS) is 15.3. The monoisotopic (exact) mass is 520 g/mol. The van der Waals surface area contributed by atoms with Gasteiger partial charge in [-0.1, -0.05) is 75.4 Å². The summed E-state index contributed by atoms with van der Waals surface area (Å²) in [5.41, 5.74) is 12.9. The molecule has 0 bridgehead atoms. The van der Waals surface area contributed by atoms with Gasteiger partial charge in [0.15, 0.2) is 5.88 Å². The molecule has 2 aliphatic heterocycles. The van der Waals surface area contributed by atoms with Crippen LogP contribution in [0.2, 0.25) is 0 Å². The van der Waals surface area contributed by atoms with Crippen LogP contribution in [0.4, 0.5) is 34.3 Å². The van der Waals surface area contributed by atoms with E-state index >= 15 is 0 Å². The van der Waals surface area contributed by atoms with E-state index in [1.165, 1.54) is 68.9 Å². The van der Waals surface area contributed by atoms with Crippen molar-refractivity contribution in [2.24, 2.45) is 0 Å². The Morgan fingerprint density at radius 2 is 1.25 bits per heavy atom. The first kappa shape index (κ1) is 23.7. The van der Waals surface area contributed by atoms with Crippen molar-refractivity contribution in [2.75, 3.05) is 9.80 Å². The number of rotatable bonds is 2. The molecule has 3 nitrogen and oxygen atoms in total. The zero-order valence-corrected chi connectivity index (χ0v) is 23.4. The second-order valence-corrected chi connectivity index (χ2v) is 12.4. The van der Waals surface area contributed by atoms with Gasteiger partial charge in [-0.25, -0.2) is 0 Å². The Kier molecular flexibility index (Phi) is 5.13. The fourth-order valence-corrected chi connectivity index (χ4v) is 7.08. The number of benzene rings is 4. The maximum Gasteiger partial charge on any atom is 0.256 e. The summed E-state index contributed by atoms with van der Waals surface area (Å²) in [7, 11) is 0. The quantitative estimate of drug-likeness (QED) is 0.220.